The van der Waals surface area contributed by atoms with Gasteiger partial charge < -0.3 is 14.6 Å². The third kappa shape index (κ3) is 2.86. The molecule has 0 spiro atoms. The number of methoxy groups -OCH3 is 1. The molecule has 0 aliphatic carbocycles. The van der Waals surface area contributed by atoms with E-state index >= 15 is 0 Å². The van der Waals surface area contributed by atoms with Gasteiger partial charge in [-0.2, -0.15) is 0 Å². The van der Waals surface area contributed by atoms with Gasteiger partial charge in [-0.3, -0.25) is 4.79 Å². The van der Waals surface area contributed by atoms with E-state index in [1.807, 2.05) is 0 Å². The molecule has 1 saturated heterocycles. The summed E-state index contributed by atoms with van der Waals surface area (Å²) in [5.74, 6) is -1.39. The van der Waals surface area contributed by atoms with E-state index in [9.17, 15) is 19.5 Å². The number of ether oxygens (including phenoxy) is 2. The smallest absolute Gasteiger partial charge is 0.418 e. The minimum Gasteiger partial charge on any atom is -0.467 e. The number of carbonyl (C=O) groups is 3. The number of carbonyl (C=O) groups excluding carboxylic acids is 3. The van der Waals surface area contributed by atoms with Crippen molar-refractivity contribution in [1.82, 2.24) is 4.90 Å². The van der Waals surface area contributed by atoms with Crippen molar-refractivity contribution >= 4 is 18.0 Å². The van der Waals surface area contributed by atoms with Crippen LogP contribution in [0.25, 0.3) is 0 Å². The molecule has 19 heavy (non-hydrogen) atoms. The van der Waals surface area contributed by atoms with Gasteiger partial charge in [-0.25, -0.2) is 14.5 Å². The van der Waals surface area contributed by atoms with Gasteiger partial charge in [0, 0.05) is 6.42 Å². The normalized spacial score (nSPS) is 23.4. The minimum atomic E-state index is -1.67. The van der Waals surface area contributed by atoms with Gasteiger partial charge in [0.2, 0.25) is 5.91 Å². The molecule has 1 aliphatic heterocycles. The zero-order valence-electron chi connectivity index (χ0n) is 11.6. The van der Waals surface area contributed by atoms with Crippen molar-refractivity contribution in [2.45, 2.75) is 44.8 Å². The molecule has 0 radical (unpaired) electrons. The summed E-state index contributed by atoms with van der Waals surface area (Å²) in [6.07, 6.45) is -0.946. The standard InChI is InChI=1S/C12H19NO6/c1-11(2,3)19-10(17)13-8(15)5-6-12(13,7-14)9(16)18-4/h14H,5-7H2,1-4H3/t12-/m0/s1. The summed E-state index contributed by atoms with van der Waals surface area (Å²) in [6.45, 7) is 4.24. The third-order valence-electron chi connectivity index (χ3n) is 2.83. The summed E-state index contributed by atoms with van der Waals surface area (Å²) < 4.78 is 9.68. The van der Waals surface area contributed by atoms with E-state index < -0.39 is 35.7 Å². The van der Waals surface area contributed by atoms with Crippen LogP contribution in [0.2, 0.25) is 0 Å². The van der Waals surface area contributed by atoms with Crippen molar-refractivity contribution in [2.24, 2.45) is 0 Å². The molecule has 0 saturated carbocycles. The average molecular weight is 273 g/mol. The molecule has 0 unspecified atom stereocenters. The van der Waals surface area contributed by atoms with Crippen LogP contribution in [0, 0.1) is 0 Å². The number of rotatable bonds is 2. The van der Waals surface area contributed by atoms with Crippen LogP contribution in [0.4, 0.5) is 4.79 Å². The molecule has 7 nitrogen and oxygen atoms in total. The summed E-state index contributed by atoms with van der Waals surface area (Å²) >= 11 is 0. The molecule has 1 rings (SSSR count). The zero-order chi connectivity index (χ0) is 14.8. The highest BCUT2D eigenvalue weighted by atomic mass is 16.6. The molecule has 0 aromatic heterocycles. The Morgan fingerprint density at radius 2 is 2.00 bits per heavy atom. The van der Waals surface area contributed by atoms with E-state index in [0.29, 0.717) is 4.90 Å². The van der Waals surface area contributed by atoms with Crippen molar-refractivity contribution in [1.29, 1.82) is 0 Å². The van der Waals surface area contributed by atoms with E-state index in [0.717, 1.165) is 7.11 Å². The van der Waals surface area contributed by atoms with Crippen LogP contribution in [0.1, 0.15) is 33.6 Å². The van der Waals surface area contributed by atoms with Gasteiger partial charge in [0.25, 0.3) is 0 Å². The second-order valence-corrected chi connectivity index (χ2v) is 5.39. The van der Waals surface area contributed by atoms with E-state index in [4.69, 9.17) is 4.74 Å². The number of amides is 2. The molecule has 0 aromatic carbocycles. The van der Waals surface area contributed by atoms with E-state index in [-0.39, 0.29) is 12.8 Å². The molecule has 7 heteroatoms. The highest BCUT2D eigenvalue weighted by molar-refractivity contribution is 6.02. The Kier molecular flexibility index (Phi) is 4.19. The van der Waals surface area contributed by atoms with Crippen molar-refractivity contribution in [2.75, 3.05) is 13.7 Å². The van der Waals surface area contributed by atoms with Crippen molar-refractivity contribution < 1.29 is 29.0 Å². The lowest BCUT2D eigenvalue weighted by molar-refractivity contribution is -0.159. The van der Waals surface area contributed by atoms with Gasteiger partial charge in [0.1, 0.15) is 5.60 Å². The monoisotopic (exact) mass is 273 g/mol. The fourth-order valence-electron chi connectivity index (χ4n) is 1.96. The molecule has 1 aliphatic rings. The number of aliphatic hydroxyl groups excluding tert-OH is 1. The first-order valence-corrected chi connectivity index (χ1v) is 5.93. The Morgan fingerprint density at radius 1 is 1.42 bits per heavy atom. The Balaban J connectivity index is 3.09. The zero-order valence-corrected chi connectivity index (χ0v) is 11.6. The number of hydrogen-bond acceptors (Lipinski definition) is 6. The first kappa shape index (κ1) is 15.4. The van der Waals surface area contributed by atoms with Gasteiger partial charge in [-0.1, -0.05) is 0 Å². The van der Waals surface area contributed by atoms with Crippen LogP contribution in [0.5, 0.6) is 0 Å². The van der Waals surface area contributed by atoms with Gasteiger partial charge in [0.15, 0.2) is 5.54 Å². The Labute approximate surface area is 111 Å². The molecule has 0 aromatic rings. The van der Waals surface area contributed by atoms with Crippen molar-refractivity contribution in [3.63, 3.8) is 0 Å². The molecule has 1 fully saturated rings. The molecule has 2 amide bonds. The van der Waals surface area contributed by atoms with Crippen LogP contribution >= 0.6 is 0 Å². The van der Waals surface area contributed by atoms with Gasteiger partial charge in [0.05, 0.1) is 13.7 Å². The number of nitrogens with zero attached hydrogens (tertiary/aromatic N) is 1. The quantitative estimate of drug-likeness (QED) is 0.734. The molecule has 1 N–H and O–H groups in total. The molecule has 1 heterocycles. The van der Waals surface area contributed by atoms with Crippen LogP contribution in [-0.4, -0.2) is 52.8 Å². The van der Waals surface area contributed by atoms with E-state index in [2.05, 4.69) is 4.74 Å². The lowest BCUT2D eigenvalue weighted by atomic mass is 9.98. The molecular formula is C12H19NO6. The summed E-state index contributed by atoms with van der Waals surface area (Å²) in [7, 11) is 1.13. The first-order valence-electron chi connectivity index (χ1n) is 5.93. The maximum Gasteiger partial charge on any atom is 0.418 e. The van der Waals surface area contributed by atoms with Crippen LogP contribution < -0.4 is 0 Å². The predicted octanol–water partition coefficient (Wildman–Crippen LogP) is 0.448. The largest absolute Gasteiger partial charge is 0.467 e. The van der Waals surface area contributed by atoms with E-state index in [1.165, 1.54) is 0 Å². The summed E-state index contributed by atoms with van der Waals surface area (Å²) in [5, 5.41) is 9.45. The van der Waals surface area contributed by atoms with Crippen LogP contribution in [-0.2, 0) is 19.1 Å². The Bertz CT molecular complexity index is 400. The van der Waals surface area contributed by atoms with Crippen molar-refractivity contribution in [3.05, 3.63) is 0 Å². The van der Waals surface area contributed by atoms with Gasteiger partial charge >= 0.3 is 12.1 Å². The third-order valence-corrected chi connectivity index (χ3v) is 2.83. The Morgan fingerprint density at radius 3 is 2.42 bits per heavy atom. The summed E-state index contributed by atoms with van der Waals surface area (Å²) in [5.41, 5.74) is -2.48. The molecular weight excluding hydrogens is 254 g/mol. The SMILES string of the molecule is COC(=O)[C@@]1(CO)CCC(=O)N1C(=O)OC(C)(C)C. The van der Waals surface area contributed by atoms with Crippen molar-refractivity contribution in [3.8, 4) is 0 Å². The predicted molar refractivity (Wildman–Crippen MR) is 64.1 cm³/mol. The minimum absolute atomic E-state index is 0.0189. The molecule has 108 valence electrons. The maximum absolute atomic E-state index is 12.0. The Hall–Kier alpha value is -1.63. The van der Waals surface area contributed by atoms with Crippen LogP contribution in [0.15, 0.2) is 0 Å². The van der Waals surface area contributed by atoms with Crippen LogP contribution in [0.3, 0.4) is 0 Å². The maximum atomic E-state index is 12.0. The fourth-order valence-corrected chi connectivity index (χ4v) is 1.96. The number of hydrogen-bond donors (Lipinski definition) is 1. The molecule has 1 atom stereocenters. The average Bonchev–Trinajstić information content (AvgIpc) is 2.64. The number of esters is 1. The van der Waals surface area contributed by atoms with Gasteiger partial charge in [-0.15, -0.1) is 0 Å². The highest BCUT2D eigenvalue weighted by Gasteiger charge is 2.56. The number of aliphatic hydroxyl groups is 1. The lowest BCUT2D eigenvalue weighted by Crippen LogP contribution is -2.58. The topological polar surface area (TPSA) is 93.1 Å². The second-order valence-electron chi connectivity index (χ2n) is 5.39. The van der Waals surface area contributed by atoms with Gasteiger partial charge in [-0.05, 0) is 27.2 Å². The van der Waals surface area contributed by atoms with E-state index in [1.54, 1.807) is 20.8 Å². The number of imide groups is 1. The fraction of sp³-hybridized carbons (Fsp3) is 0.750. The lowest BCUT2D eigenvalue weighted by Gasteiger charge is -2.33. The molecule has 0 bridgehead atoms. The first-order chi connectivity index (χ1) is 8.68. The second kappa shape index (κ2) is 5.16. The number of likely N-dealkylation sites (tertiary alicyclic amines) is 1. The highest BCUT2D eigenvalue weighted by Crippen LogP contribution is 2.32. The summed E-state index contributed by atoms with van der Waals surface area (Å²) in [6, 6.07) is 0. The summed E-state index contributed by atoms with van der Waals surface area (Å²) in [4.78, 5) is 36.3.